The Kier molecular flexibility index (Phi) is 4.63. The van der Waals surface area contributed by atoms with Crippen LogP contribution < -0.4 is 0 Å². The standard InChI is InChI=1S/C15H19ClF2N2/c1-9(2)4-5-10(3)20-13(8-16)19-12-7-6-11(17)14(18)15(12)20/h6-7,9-10H,4-5,8H2,1-3H3. The van der Waals surface area contributed by atoms with Gasteiger partial charge in [-0.05, 0) is 37.8 Å². The van der Waals surface area contributed by atoms with E-state index in [1.807, 2.05) is 6.92 Å². The van der Waals surface area contributed by atoms with Crippen LogP contribution in [0.2, 0.25) is 0 Å². The average molecular weight is 301 g/mol. The van der Waals surface area contributed by atoms with Crippen molar-refractivity contribution in [2.24, 2.45) is 5.92 Å². The van der Waals surface area contributed by atoms with Gasteiger partial charge in [-0.3, -0.25) is 0 Å². The summed E-state index contributed by atoms with van der Waals surface area (Å²) in [5, 5.41) is 0. The highest BCUT2D eigenvalue weighted by atomic mass is 35.5. The first-order chi connectivity index (χ1) is 9.45. The summed E-state index contributed by atoms with van der Waals surface area (Å²) in [7, 11) is 0. The molecule has 2 aromatic rings. The Morgan fingerprint density at radius 3 is 2.50 bits per heavy atom. The van der Waals surface area contributed by atoms with Crippen molar-refractivity contribution in [1.29, 1.82) is 0 Å². The van der Waals surface area contributed by atoms with Gasteiger partial charge in [0.1, 0.15) is 11.3 Å². The molecule has 1 aromatic carbocycles. The van der Waals surface area contributed by atoms with E-state index in [2.05, 4.69) is 18.8 Å². The molecule has 1 atom stereocenters. The number of benzene rings is 1. The normalized spacial score (nSPS) is 13.3. The molecule has 20 heavy (non-hydrogen) atoms. The number of rotatable bonds is 5. The lowest BCUT2D eigenvalue weighted by molar-refractivity contribution is 0.433. The Labute approximate surface area is 122 Å². The monoisotopic (exact) mass is 300 g/mol. The van der Waals surface area contributed by atoms with Crippen molar-refractivity contribution in [2.75, 3.05) is 0 Å². The van der Waals surface area contributed by atoms with Crippen molar-refractivity contribution in [3.05, 3.63) is 29.6 Å². The molecule has 0 aliphatic rings. The zero-order valence-electron chi connectivity index (χ0n) is 12.0. The number of hydrogen-bond acceptors (Lipinski definition) is 1. The topological polar surface area (TPSA) is 17.8 Å². The van der Waals surface area contributed by atoms with Gasteiger partial charge in [0.25, 0.3) is 0 Å². The quantitative estimate of drug-likeness (QED) is 0.706. The Hall–Kier alpha value is -1.16. The van der Waals surface area contributed by atoms with Gasteiger partial charge in [0.05, 0.1) is 11.4 Å². The third-order valence-electron chi connectivity index (χ3n) is 3.54. The smallest absolute Gasteiger partial charge is 0.184 e. The van der Waals surface area contributed by atoms with Crippen molar-refractivity contribution >= 4 is 22.6 Å². The zero-order chi connectivity index (χ0) is 14.9. The fourth-order valence-electron chi connectivity index (χ4n) is 2.44. The van der Waals surface area contributed by atoms with Crippen LogP contribution in [0.1, 0.15) is 45.5 Å². The minimum absolute atomic E-state index is 0.0347. The summed E-state index contributed by atoms with van der Waals surface area (Å²) in [6.07, 6.45) is 1.89. The Morgan fingerprint density at radius 2 is 1.90 bits per heavy atom. The highest BCUT2D eigenvalue weighted by Crippen LogP contribution is 2.28. The van der Waals surface area contributed by atoms with Crippen LogP contribution in [0.4, 0.5) is 8.78 Å². The second-order valence-electron chi connectivity index (χ2n) is 5.58. The van der Waals surface area contributed by atoms with Crippen LogP contribution in [0.25, 0.3) is 11.0 Å². The molecule has 5 heteroatoms. The second kappa shape index (κ2) is 6.08. The molecule has 0 spiro atoms. The number of halogens is 3. The van der Waals surface area contributed by atoms with Crippen LogP contribution in [0, 0.1) is 17.6 Å². The first-order valence-corrected chi connectivity index (χ1v) is 7.40. The van der Waals surface area contributed by atoms with Gasteiger partial charge in [-0.2, -0.15) is 0 Å². The van der Waals surface area contributed by atoms with Gasteiger partial charge in [-0.1, -0.05) is 13.8 Å². The number of fused-ring (bicyclic) bond motifs is 1. The molecule has 2 nitrogen and oxygen atoms in total. The predicted octanol–water partition coefficient (Wildman–Crippen LogP) is 5.05. The molecule has 1 heterocycles. The minimum atomic E-state index is -0.851. The Morgan fingerprint density at radius 1 is 1.20 bits per heavy atom. The minimum Gasteiger partial charge on any atom is -0.322 e. The molecule has 0 saturated carbocycles. The zero-order valence-corrected chi connectivity index (χ0v) is 12.7. The average Bonchev–Trinajstić information content (AvgIpc) is 2.79. The number of alkyl halides is 1. The maximum Gasteiger partial charge on any atom is 0.184 e. The number of hydrogen-bond donors (Lipinski definition) is 0. The van der Waals surface area contributed by atoms with E-state index in [-0.39, 0.29) is 17.4 Å². The van der Waals surface area contributed by atoms with Crippen molar-refractivity contribution < 1.29 is 8.78 Å². The molecule has 1 aromatic heterocycles. The van der Waals surface area contributed by atoms with E-state index in [0.29, 0.717) is 17.3 Å². The van der Waals surface area contributed by atoms with Gasteiger partial charge in [0, 0.05) is 6.04 Å². The highest BCUT2D eigenvalue weighted by molar-refractivity contribution is 6.16. The number of nitrogens with zero attached hydrogens (tertiary/aromatic N) is 2. The molecule has 2 rings (SSSR count). The van der Waals surface area contributed by atoms with E-state index in [4.69, 9.17) is 11.6 Å². The molecule has 0 radical (unpaired) electrons. The lowest BCUT2D eigenvalue weighted by Gasteiger charge is -2.18. The lowest BCUT2D eigenvalue weighted by atomic mass is 10.0. The largest absolute Gasteiger partial charge is 0.322 e. The summed E-state index contributed by atoms with van der Waals surface area (Å²) in [5.41, 5.74) is 0.674. The van der Waals surface area contributed by atoms with E-state index in [9.17, 15) is 8.78 Å². The van der Waals surface area contributed by atoms with Crippen LogP contribution in [0.15, 0.2) is 12.1 Å². The molecule has 0 amide bonds. The summed E-state index contributed by atoms with van der Waals surface area (Å²) in [6.45, 7) is 6.27. The first-order valence-electron chi connectivity index (χ1n) is 6.86. The van der Waals surface area contributed by atoms with Gasteiger partial charge in [0.15, 0.2) is 11.6 Å². The molecule has 0 fully saturated rings. The van der Waals surface area contributed by atoms with E-state index < -0.39 is 11.6 Å². The SMILES string of the molecule is CC(C)CCC(C)n1c(CCl)nc2ccc(F)c(F)c21. The van der Waals surface area contributed by atoms with Crippen LogP contribution in [0.5, 0.6) is 0 Å². The Balaban J connectivity index is 2.51. The van der Waals surface area contributed by atoms with Gasteiger partial charge < -0.3 is 4.57 Å². The summed E-state index contributed by atoms with van der Waals surface area (Å²) in [5.74, 6) is -0.365. The van der Waals surface area contributed by atoms with E-state index in [1.54, 1.807) is 4.57 Å². The van der Waals surface area contributed by atoms with Crippen LogP contribution in [-0.4, -0.2) is 9.55 Å². The fourth-order valence-corrected chi connectivity index (χ4v) is 2.63. The highest BCUT2D eigenvalue weighted by Gasteiger charge is 2.20. The van der Waals surface area contributed by atoms with Gasteiger partial charge in [-0.15, -0.1) is 11.6 Å². The van der Waals surface area contributed by atoms with E-state index in [0.717, 1.165) is 18.9 Å². The Bertz CT molecular complexity index is 607. The summed E-state index contributed by atoms with van der Waals surface area (Å²) >= 11 is 5.90. The molecule has 110 valence electrons. The molecule has 1 unspecified atom stereocenters. The molecular formula is C15H19ClF2N2. The summed E-state index contributed by atoms with van der Waals surface area (Å²) < 4.78 is 29.3. The molecule has 0 saturated heterocycles. The third kappa shape index (κ3) is 2.80. The van der Waals surface area contributed by atoms with Crippen molar-refractivity contribution in [1.82, 2.24) is 9.55 Å². The second-order valence-corrected chi connectivity index (χ2v) is 5.85. The van der Waals surface area contributed by atoms with Gasteiger partial charge >= 0.3 is 0 Å². The molecule has 0 N–H and O–H groups in total. The van der Waals surface area contributed by atoms with E-state index >= 15 is 0 Å². The molecular weight excluding hydrogens is 282 g/mol. The lowest BCUT2D eigenvalue weighted by Crippen LogP contribution is -2.10. The number of aromatic nitrogens is 2. The predicted molar refractivity (Wildman–Crippen MR) is 78.0 cm³/mol. The number of imidazole rings is 1. The van der Waals surface area contributed by atoms with Crippen molar-refractivity contribution in [3.8, 4) is 0 Å². The van der Waals surface area contributed by atoms with Crippen LogP contribution in [-0.2, 0) is 5.88 Å². The maximum absolute atomic E-state index is 14.1. The van der Waals surface area contributed by atoms with Gasteiger partial charge in [0.2, 0.25) is 0 Å². The van der Waals surface area contributed by atoms with Crippen molar-refractivity contribution in [2.45, 2.75) is 45.5 Å². The molecule has 0 bridgehead atoms. The summed E-state index contributed by atoms with van der Waals surface area (Å²) in [6, 6.07) is 2.63. The summed E-state index contributed by atoms with van der Waals surface area (Å²) in [4.78, 5) is 4.31. The molecule has 0 aliphatic heterocycles. The molecule has 0 aliphatic carbocycles. The fraction of sp³-hybridized carbons (Fsp3) is 0.533. The van der Waals surface area contributed by atoms with E-state index in [1.165, 1.54) is 6.07 Å². The van der Waals surface area contributed by atoms with Crippen molar-refractivity contribution in [3.63, 3.8) is 0 Å². The van der Waals surface area contributed by atoms with Gasteiger partial charge in [-0.25, -0.2) is 13.8 Å². The van der Waals surface area contributed by atoms with Crippen LogP contribution in [0.3, 0.4) is 0 Å². The maximum atomic E-state index is 14.1. The third-order valence-corrected chi connectivity index (χ3v) is 3.78. The van der Waals surface area contributed by atoms with Crippen LogP contribution >= 0.6 is 11.6 Å². The first kappa shape index (κ1) is 15.2.